The van der Waals surface area contributed by atoms with Crippen LogP contribution in [0.5, 0.6) is 0 Å². The van der Waals surface area contributed by atoms with Crippen LogP contribution in [0.3, 0.4) is 0 Å². The Bertz CT molecular complexity index is 212. The molecule has 0 aromatic heterocycles. The van der Waals surface area contributed by atoms with Crippen molar-refractivity contribution in [1.29, 1.82) is 0 Å². The highest BCUT2D eigenvalue weighted by molar-refractivity contribution is 5.79. The van der Waals surface area contributed by atoms with Gasteiger partial charge in [0.1, 0.15) is 5.78 Å². The Kier molecular flexibility index (Phi) is 2.10. The third-order valence-electron chi connectivity index (χ3n) is 2.94. The average Bonchev–Trinajstić information content (AvgIpc) is 2.01. The van der Waals surface area contributed by atoms with Gasteiger partial charge in [0.05, 0.1) is 0 Å². The number of Topliss-reactive ketones (excluding diaryl/α,β-unsaturated/α-hetero) is 1. The van der Waals surface area contributed by atoms with E-state index in [-0.39, 0.29) is 24.7 Å². The first kappa shape index (κ1) is 9.06. The van der Waals surface area contributed by atoms with E-state index in [9.17, 15) is 13.6 Å². The van der Waals surface area contributed by atoms with Gasteiger partial charge in [-0.15, -0.1) is 0 Å². The van der Waals surface area contributed by atoms with E-state index in [0.29, 0.717) is 25.9 Å². The van der Waals surface area contributed by atoms with E-state index in [1.54, 1.807) is 0 Å². The number of nitrogens with zero attached hydrogens (tertiary/aromatic N) is 1. The predicted octanol–water partition coefficient (Wildman–Crippen LogP) is 1.45. The number of ketones is 1. The maximum absolute atomic E-state index is 12.5. The summed E-state index contributed by atoms with van der Waals surface area (Å²) >= 11 is 0. The zero-order valence-electron chi connectivity index (χ0n) is 7.43. The van der Waals surface area contributed by atoms with E-state index < -0.39 is 5.92 Å². The quantitative estimate of drug-likeness (QED) is 0.622. The second-order valence-electron chi connectivity index (χ2n) is 3.99. The molecule has 0 atom stereocenters. The zero-order valence-corrected chi connectivity index (χ0v) is 7.43. The van der Waals surface area contributed by atoms with Crippen LogP contribution >= 0.6 is 0 Å². The van der Waals surface area contributed by atoms with Crippen molar-refractivity contribution in [2.75, 3.05) is 13.1 Å². The number of rotatable bonds is 1. The molecule has 1 aliphatic heterocycles. The molecule has 0 aromatic carbocycles. The van der Waals surface area contributed by atoms with Crippen molar-refractivity contribution in [1.82, 2.24) is 4.90 Å². The van der Waals surface area contributed by atoms with E-state index in [1.165, 1.54) is 0 Å². The van der Waals surface area contributed by atoms with Crippen LogP contribution in [0.2, 0.25) is 0 Å². The molecule has 0 amide bonds. The van der Waals surface area contributed by atoms with Gasteiger partial charge in [-0.25, -0.2) is 8.78 Å². The monoisotopic (exact) mass is 189 g/mol. The number of likely N-dealkylation sites (tertiary alicyclic amines) is 1. The molecule has 2 fully saturated rings. The lowest BCUT2D eigenvalue weighted by Gasteiger charge is -2.43. The van der Waals surface area contributed by atoms with Crippen LogP contribution in [0.4, 0.5) is 8.78 Å². The second-order valence-corrected chi connectivity index (χ2v) is 3.99. The Morgan fingerprint density at radius 1 is 1.23 bits per heavy atom. The number of hydrogen-bond acceptors (Lipinski definition) is 2. The fourth-order valence-corrected chi connectivity index (χ4v) is 2.03. The van der Waals surface area contributed by atoms with Gasteiger partial charge >= 0.3 is 0 Å². The van der Waals surface area contributed by atoms with Gasteiger partial charge < -0.3 is 0 Å². The molecule has 13 heavy (non-hydrogen) atoms. The van der Waals surface area contributed by atoms with Crippen molar-refractivity contribution < 1.29 is 13.6 Å². The van der Waals surface area contributed by atoms with Gasteiger partial charge in [-0.1, -0.05) is 0 Å². The molecular weight excluding hydrogens is 176 g/mol. The summed E-state index contributed by atoms with van der Waals surface area (Å²) < 4.78 is 25.1. The lowest BCUT2D eigenvalue weighted by atomic mass is 9.86. The zero-order chi connectivity index (χ0) is 9.47. The van der Waals surface area contributed by atoms with E-state index in [0.717, 1.165) is 0 Å². The molecule has 1 aliphatic carbocycles. The third kappa shape index (κ3) is 1.88. The first-order valence-electron chi connectivity index (χ1n) is 4.70. The molecule has 2 nitrogen and oxygen atoms in total. The summed E-state index contributed by atoms with van der Waals surface area (Å²) in [5.41, 5.74) is 0. The van der Waals surface area contributed by atoms with Crippen molar-refractivity contribution in [3.63, 3.8) is 0 Å². The normalized spacial score (nSPS) is 30.2. The van der Waals surface area contributed by atoms with Crippen molar-refractivity contribution in [2.24, 2.45) is 0 Å². The first-order valence-corrected chi connectivity index (χ1v) is 4.70. The Morgan fingerprint density at radius 2 is 1.77 bits per heavy atom. The molecule has 4 heteroatoms. The summed E-state index contributed by atoms with van der Waals surface area (Å²) in [4.78, 5) is 12.9. The molecule has 1 heterocycles. The van der Waals surface area contributed by atoms with E-state index >= 15 is 0 Å². The van der Waals surface area contributed by atoms with Crippen molar-refractivity contribution in [3.05, 3.63) is 0 Å². The molecule has 2 rings (SSSR count). The summed E-state index contributed by atoms with van der Waals surface area (Å²) in [5.74, 6) is -2.17. The van der Waals surface area contributed by atoms with E-state index in [1.807, 2.05) is 4.90 Å². The second kappa shape index (κ2) is 3.01. The smallest absolute Gasteiger partial charge is 0.251 e. The summed E-state index contributed by atoms with van der Waals surface area (Å²) in [6.45, 7) is 1.36. The molecule has 0 radical (unpaired) electrons. The van der Waals surface area contributed by atoms with Gasteiger partial charge in [-0.3, -0.25) is 9.69 Å². The molecule has 0 bridgehead atoms. The average molecular weight is 189 g/mol. The minimum atomic E-state index is -2.44. The number of carbonyl (C=O) groups is 1. The van der Waals surface area contributed by atoms with Crippen LogP contribution in [0.15, 0.2) is 0 Å². The van der Waals surface area contributed by atoms with Gasteiger partial charge in [0.25, 0.3) is 5.92 Å². The Morgan fingerprint density at radius 3 is 2.23 bits per heavy atom. The standard InChI is InChI=1S/C9H13F2NO/c10-9(11)5-7(6-9)12-3-1-8(13)2-4-12/h7H,1-6H2. The molecular formula is C9H13F2NO. The lowest BCUT2D eigenvalue weighted by molar-refractivity contribution is -0.135. The van der Waals surface area contributed by atoms with Crippen molar-refractivity contribution in [3.8, 4) is 0 Å². The fraction of sp³-hybridized carbons (Fsp3) is 0.889. The Hall–Kier alpha value is -0.510. The van der Waals surface area contributed by atoms with Gasteiger partial charge in [0.2, 0.25) is 0 Å². The van der Waals surface area contributed by atoms with Crippen LogP contribution in [-0.4, -0.2) is 35.7 Å². The number of hydrogen-bond donors (Lipinski definition) is 0. The van der Waals surface area contributed by atoms with E-state index in [2.05, 4.69) is 0 Å². The summed E-state index contributed by atoms with van der Waals surface area (Å²) in [5, 5.41) is 0. The van der Waals surface area contributed by atoms with Crippen molar-refractivity contribution in [2.45, 2.75) is 37.6 Å². The first-order chi connectivity index (χ1) is 6.07. The summed E-state index contributed by atoms with van der Waals surface area (Å²) in [6.07, 6.45) is 1.06. The molecule has 0 unspecified atom stereocenters. The maximum Gasteiger partial charge on any atom is 0.251 e. The molecule has 0 N–H and O–H groups in total. The minimum Gasteiger partial charge on any atom is -0.300 e. The van der Waals surface area contributed by atoms with E-state index in [4.69, 9.17) is 0 Å². The van der Waals surface area contributed by atoms with Crippen LogP contribution in [-0.2, 0) is 4.79 Å². The summed E-state index contributed by atoms with van der Waals surface area (Å²) in [7, 11) is 0. The highest BCUT2D eigenvalue weighted by Gasteiger charge is 2.48. The highest BCUT2D eigenvalue weighted by atomic mass is 19.3. The lowest BCUT2D eigenvalue weighted by Crippen LogP contribution is -2.53. The number of halogens is 2. The van der Waals surface area contributed by atoms with Crippen LogP contribution in [0, 0.1) is 0 Å². The van der Waals surface area contributed by atoms with Gasteiger partial charge in [-0.2, -0.15) is 0 Å². The number of piperidine rings is 1. The SMILES string of the molecule is O=C1CCN(C2CC(F)(F)C2)CC1. The Balaban J connectivity index is 1.81. The molecule has 74 valence electrons. The molecule has 0 aromatic rings. The third-order valence-corrected chi connectivity index (χ3v) is 2.94. The van der Waals surface area contributed by atoms with Gasteiger partial charge in [0, 0.05) is 44.8 Å². The van der Waals surface area contributed by atoms with Gasteiger partial charge in [-0.05, 0) is 0 Å². The number of carbonyl (C=O) groups excluding carboxylic acids is 1. The number of alkyl halides is 2. The highest BCUT2D eigenvalue weighted by Crippen LogP contribution is 2.40. The Labute approximate surface area is 75.9 Å². The van der Waals surface area contributed by atoms with Crippen LogP contribution in [0.25, 0.3) is 0 Å². The summed E-state index contributed by atoms with van der Waals surface area (Å²) in [6, 6.07) is 0.0306. The molecule has 0 spiro atoms. The molecule has 1 saturated heterocycles. The largest absolute Gasteiger partial charge is 0.300 e. The van der Waals surface area contributed by atoms with Gasteiger partial charge in [0.15, 0.2) is 0 Å². The van der Waals surface area contributed by atoms with Crippen LogP contribution in [0.1, 0.15) is 25.7 Å². The molecule has 1 saturated carbocycles. The molecule has 2 aliphatic rings. The maximum atomic E-state index is 12.5. The fourth-order valence-electron chi connectivity index (χ4n) is 2.03. The van der Waals surface area contributed by atoms with Crippen LogP contribution < -0.4 is 0 Å². The predicted molar refractivity (Wildman–Crippen MR) is 43.8 cm³/mol. The minimum absolute atomic E-state index is 0.0127. The topological polar surface area (TPSA) is 20.3 Å². The van der Waals surface area contributed by atoms with Crippen molar-refractivity contribution >= 4 is 5.78 Å².